The summed E-state index contributed by atoms with van der Waals surface area (Å²) in [7, 11) is 1.51. The number of methoxy groups -OCH3 is 1. The van der Waals surface area contributed by atoms with E-state index in [1.54, 1.807) is 6.92 Å². The van der Waals surface area contributed by atoms with Gasteiger partial charge in [0.15, 0.2) is 0 Å². The smallest absolute Gasteiger partial charge is 0.326 e. The third-order valence-corrected chi connectivity index (χ3v) is 2.05. The third kappa shape index (κ3) is 7.44. The van der Waals surface area contributed by atoms with Crippen LogP contribution in [-0.2, 0) is 14.3 Å². The molecule has 1 atom stereocenters. The molecule has 0 heterocycles. The summed E-state index contributed by atoms with van der Waals surface area (Å²) in [6.07, 6.45) is 0.267. The Morgan fingerprint density at radius 3 is 2.44 bits per heavy atom. The molecule has 0 aromatic heterocycles. The van der Waals surface area contributed by atoms with E-state index in [0.29, 0.717) is 13.2 Å². The van der Waals surface area contributed by atoms with Gasteiger partial charge >= 0.3 is 12.0 Å². The summed E-state index contributed by atoms with van der Waals surface area (Å²) in [6, 6.07) is -1.65. The summed E-state index contributed by atoms with van der Waals surface area (Å²) < 4.78 is 4.73. The van der Waals surface area contributed by atoms with E-state index in [1.807, 2.05) is 0 Å². The fourth-order valence-electron chi connectivity index (χ4n) is 1.06. The zero-order chi connectivity index (χ0) is 14.0. The highest BCUT2D eigenvalue weighted by molar-refractivity contribution is 5.86. The van der Waals surface area contributed by atoms with E-state index in [2.05, 4.69) is 16.0 Å². The highest BCUT2D eigenvalue weighted by Gasteiger charge is 2.17. The van der Waals surface area contributed by atoms with Crippen molar-refractivity contribution < 1.29 is 24.2 Å². The first kappa shape index (κ1) is 16.2. The lowest BCUT2D eigenvalue weighted by molar-refractivity contribution is -0.139. The minimum atomic E-state index is -1.11. The SMILES string of the molecule is CCC(NC(=O)NCC(=O)NCCOC)C(=O)O. The Kier molecular flexibility index (Phi) is 8.29. The fourth-order valence-corrected chi connectivity index (χ4v) is 1.06. The van der Waals surface area contributed by atoms with Crippen LogP contribution in [0.4, 0.5) is 4.79 Å². The van der Waals surface area contributed by atoms with Gasteiger partial charge in [-0.1, -0.05) is 6.92 Å². The number of aliphatic carboxylic acids is 1. The standard InChI is InChI=1S/C10H19N3O5/c1-3-7(9(15)16)13-10(17)12-6-8(14)11-4-5-18-2/h7H,3-6H2,1-2H3,(H,11,14)(H,15,16)(H2,12,13,17). The molecule has 0 radical (unpaired) electrons. The van der Waals surface area contributed by atoms with Crippen molar-refractivity contribution in [2.75, 3.05) is 26.8 Å². The second-order valence-corrected chi connectivity index (χ2v) is 3.47. The zero-order valence-corrected chi connectivity index (χ0v) is 10.5. The Labute approximate surface area is 105 Å². The molecule has 0 fully saturated rings. The lowest BCUT2D eigenvalue weighted by Crippen LogP contribution is -2.48. The number of rotatable bonds is 8. The number of carbonyl (C=O) groups excluding carboxylic acids is 2. The van der Waals surface area contributed by atoms with Crippen LogP contribution in [0.5, 0.6) is 0 Å². The predicted molar refractivity (Wildman–Crippen MR) is 63.1 cm³/mol. The summed E-state index contributed by atoms with van der Waals surface area (Å²) in [6.45, 7) is 2.16. The van der Waals surface area contributed by atoms with Gasteiger partial charge in [0.25, 0.3) is 0 Å². The van der Waals surface area contributed by atoms with Gasteiger partial charge in [-0.3, -0.25) is 4.79 Å². The predicted octanol–water partition coefficient (Wildman–Crippen LogP) is -1.09. The highest BCUT2D eigenvalue weighted by atomic mass is 16.5. The van der Waals surface area contributed by atoms with Gasteiger partial charge in [0.2, 0.25) is 5.91 Å². The number of carboxylic acid groups (broad SMARTS) is 1. The van der Waals surface area contributed by atoms with Crippen molar-refractivity contribution in [3.63, 3.8) is 0 Å². The summed E-state index contributed by atoms with van der Waals surface area (Å²) in [5, 5.41) is 15.7. The normalized spacial score (nSPS) is 11.4. The third-order valence-electron chi connectivity index (χ3n) is 2.05. The van der Waals surface area contributed by atoms with Gasteiger partial charge < -0.3 is 25.8 Å². The highest BCUT2D eigenvalue weighted by Crippen LogP contribution is 1.89. The lowest BCUT2D eigenvalue weighted by atomic mass is 10.2. The number of hydrogen-bond donors (Lipinski definition) is 4. The van der Waals surface area contributed by atoms with Crippen LogP contribution in [0.1, 0.15) is 13.3 Å². The van der Waals surface area contributed by atoms with Crippen LogP contribution < -0.4 is 16.0 Å². The van der Waals surface area contributed by atoms with Crippen molar-refractivity contribution in [1.29, 1.82) is 0 Å². The van der Waals surface area contributed by atoms with E-state index in [4.69, 9.17) is 9.84 Å². The van der Waals surface area contributed by atoms with Crippen LogP contribution >= 0.6 is 0 Å². The number of amides is 3. The van der Waals surface area contributed by atoms with Crippen molar-refractivity contribution >= 4 is 17.9 Å². The molecule has 0 aliphatic heterocycles. The summed E-state index contributed by atoms with van der Waals surface area (Å²) >= 11 is 0. The first-order chi connectivity index (χ1) is 8.51. The van der Waals surface area contributed by atoms with E-state index < -0.39 is 18.0 Å². The molecule has 0 aromatic rings. The molecule has 0 aliphatic carbocycles. The maximum atomic E-state index is 11.3. The van der Waals surface area contributed by atoms with Crippen molar-refractivity contribution in [2.24, 2.45) is 0 Å². The molecule has 18 heavy (non-hydrogen) atoms. The van der Waals surface area contributed by atoms with Gasteiger partial charge in [-0.05, 0) is 6.42 Å². The van der Waals surface area contributed by atoms with Crippen LogP contribution in [0.3, 0.4) is 0 Å². The Morgan fingerprint density at radius 1 is 1.28 bits per heavy atom. The molecule has 0 bridgehead atoms. The first-order valence-electron chi connectivity index (χ1n) is 5.54. The number of carboxylic acids is 1. The molecule has 8 heteroatoms. The fraction of sp³-hybridized carbons (Fsp3) is 0.700. The maximum absolute atomic E-state index is 11.3. The van der Waals surface area contributed by atoms with Gasteiger partial charge in [-0.2, -0.15) is 0 Å². The van der Waals surface area contributed by atoms with Gasteiger partial charge in [0.1, 0.15) is 6.04 Å². The summed E-state index contributed by atoms with van der Waals surface area (Å²) in [5.41, 5.74) is 0. The molecule has 0 aliphatic rings. The van der Waals surface area contributed by atoms with Crippen LogP contribution in [0.25, 0.3) is 0 Å². The van der Waals surface area contributed by atoms with Crippen molar-refractivity contribution in [2.45, 2.75) is 19.4 Å². The molecule has 0 saturated carbocycles. The van der Waals surface area contributed by atoms with Crippen LogP contribution in [0, 0.1) is 0 Å². The lowest BCUT2D eigenvalue weighted by Gasteiger charge is -2.13. The average Bonchev–Trinajstić information content (AvgIpc) is 2.33. The Bertz CT molecular complexity index is 295. The first-order valence-corrected chi connectivity index (χ1v) is 5.54. The average molecular weight is 261 g/mol. The monoisotopic (exact) mass is 261 g/mol. The number of nitrogens with one attached hydrogen (secondary N) is 3. The molecule has 0 aromatic carbocycles. The number of urea groups is 1. The van der Waals surface area contributed by atoms with E-state index >= 15 is 0 Å². The minimum absolute atomic E-state index is 0.217. The Morgan fingerprint density at radius 2 is 1.94 bits per heavy atom. The van der Waals surface area contributed by atoms with Crippen molar-refractivity contribution in [3.05, 3.63) is 0 Å². The molecule has 3 amide bonds. The summed E-state index contributed by atoms with van der Waals surface area (Å²) in [5.74, 6) is -1.48. The van der Waals surface area contributed by atoms with E-state index in [0.717, 1.165) is 0 Å². The van der Waals surface area contributed by atoms with Crippen LogP contribution in [0.2, 0.25) is 0 Å². The van der Waals surface area contributed by atoms with Gasteiger partial charge in [-0.15, -0.1) is 0 Å². The van der Waals surface area contributed by atoms with Crippen molar-refractivity contribution in [1.82, 2.24) is 16.0 Å². The van der Waals surface area contributed by atoms with E-state index in [9.17, 15) is 14.4 Å². The molecule has 1 unspecified atom stereocenters. The van der Waals surface area contributed by atoms with Gasteiger partial charge in [0.05, 0.1) is 13.2 Å². The largest absolute Gasteiger partial charge is 0.480 e. The molecule has 0 rings (SSSR count). The quantitative estimate of drug-likeness (QED) is 0.414. The maximum Gasteiger partial charge on any atom is 0.326 e. The minimum Gasteiger partial charge on any atom is -0.480 e. The number of hydrogen-bond acceptors (Lipinski definition) is 4. The molecular weight excluding hydrogens is 242 g/mol. The van der Waals surface area contributed by atoms with Gasteiger partial charge in [-0.25, -0.2) is 9.59 Å². The van der Waals surface area contributed by atoms with E-state index in [1.165, 1.54) is 7.11 Å². The number of ether oxygens (including phenoxy) is 1. The second kappa shape index (κ2) is 9.23. The Balaban J connectivity index is 3.82. The molecule has 4 N–H and O–H groups in total. The molecule has 8 nitrogen and oxygen atoms in total. The topological polar surface area (TPSA) is 117 Å². The zero-order valence-electron chi connectivity index (χ0n) is 10.5. The summed E-state index contributed by atoms with van der Waals surface area (Å²) in [4.78, 5) is 33.1. The molecule has 0 spiro atoms. The second-order valence-electron chi connectivity index (χ2n) is 3.47. The van der Waals surface area contributed by atoms with E-state index in [-0.39, 0.29) is 18.9 Å². The Hall–Kier alpha value is -1.83. The molecular formula is C10H19N3O5. The van der Waals surface area contributed by atoms with Crippen LogP contribution in [-0.4, -0.2) is 55.9 Å². The molecule has 104 valence electrons. The molecule has 0 saturated heterocycles. The van der Waals surface area contributed by atoms with Crippen LogP contribution in [0.15, 0.2) is 0 Å². The van der Waals surface area contributed by atoms with Gasteiger partial charge in [0, 0.05) is 13.7 Å². The van der Waals surface area contributed by atoms with Crippen molar-refractivity contribution in [3.8, 4) is 0 Å². The number of carbonyl (C=O) groups is 3.